The summed E-state index contributed by atoms with van der Waals surface area (Å²) in [6, 6.07) is 9.14. The molecule has 158 valence electrons. The van der Waals surface area contributed by atoms with E-state index in [2.05, 4.69) is 9.47 Å². The Morgan fingerprint density at radius 3 is 1.83 bits per heavy atom. The topological polar surface area (TPSA) is 105 Å². The van der Waals surface area contributed by atoms with E-state index in [9.17, 15) is 19.2 Å². The summed E-state index contributed by atoms with van der Waals surface area (Å²) in [6.07, 6.45) is 2.50. The van der Waals surface area contributed by atoms with E-state index in [1.54, 1.807) is 12.1 Å². The fraction of sp³-hybridized carbons (Fsp3) is 0.273. The summed E-state index contributed by atoms with van der Waals surface area (Å²) >= 11 is 0. The maximum Gasteiger partial charge on any atom is 0.338 e. The molecule has 30 heavy (non-hydrogen) atoms. The third-order valence-corrected chi connectivity index (χ3v) is 4.19. The maximum atomic E-state index is 11.7. The maximum absolute atomic E-state index is 11.7. The average molecular weight is 414 g/mol. The minimum absolute atomic E-state index is 0.148. The fourth-order valence-corrected chi connectivity index (χ4v) is 2.62. The van der Waals surface area contributed by atoms with Gasteiger partial charge < -0.3 is 18.9 Å². The molecular weight excluding hydrogens is 392 g/mol. The zero-order valence-electron chi connectivity index (χ0n) is 16.7. The number of hydrogen-bond donors (Lipinski definition) is 0. The Morgan fingerprint density at radius 1 is 0.733 bits per heavy atom. The molecule has 0 saturated carbocycles. The van der Waals surface area contributed by atoms with E-state index in [-0.39, 0.29) is 22.3 Å². The first kappa shape index (κ1) is 22.6. The Morgan fingerprint density at radius 2 is 1.27 bits per heavy atom. The number of rotatable bonds is 11. The molecule has 0 aliphatic rings. The van der Waals surface area contributed by atoms with Gasteiger partial charge in [0.05, 0.1) is 38.6 Å². The third-order valence-electron chi connectivity index (χ3n) is 4.19. The zero-order valence-corrected chi connectivity index (χ0v) is 16.7. The van der Waals surface area contributed by atoms with Crippen molar-refractivity contribution in [2.24, 2.45) is 0 Å². The van der Waals surface area contributed by atoms with Gasteiger partial charge in [0.15, 0.2) is 12.6 Å². The van der Waals surface area contributed by atoms with Crippen molar-refractivity contribution in [3.05, 3.63) is 58.7 Å². The Kier molecular flexibility index (Phi) is 8.56. The van der Waals surface area contributed by atoms with E-state index in [1.807, 2.05) is 0 Å². The van der Waals surface area contributed by atoms with Crippen molar-refractivity contribution in [2.45, 2.75) is 12.8 Å². The monoisotopic (exact) mass is 414 g/mol. The van der Waals surface area contributed by atoms with Gasteiger partial charge >= 0.3 is 11.9 Å². The van der Waals surface area contributed by atoms with Crippen molar-refractivity contribution in [3.63, 3.8) is 0 Å². The molecular formula is C22H22O8. The van der Waals surface area contributed by atoms with E-state index in [4.69, 9.17) is 9.47 Å². The summed E-state index contributed by atoms with van der Waals surface area (Å²) in [5.41, 5.74) is 0.758. The number of carbonyl (C=O) groups is 4. The number of esters is 2. The molecule has 0 N–H and O–H groups in total. The van der Waals surface area contributed by atoms with Gasteiger partial charge in [0, 0.05) is 11.1 Å². The lowest BCUT2D eigenvalue weighted by Crippen LogP contribution is -2.07. The van der Waals surface area contributed by atoms with Crippen LogP contribution in [0, 0.1) is 0 Å². The zero-order chi connectivity index (χ0) is 21.9. The van der Waals surface area contributed by atoms with E-state index < -0.39 is 11.9 Å². The second-order valence-electron chi connectivity index (χ2n) is 6.12. The van der Waals surface area contributed by atoms with Gasteiger partial charge in [-0.3, -0.25) is 9.59 Å². The lowest BCUT2D eigenvalue weighted by Gasteiger charge is -2.10. The Hall–Kier alpha value is -3.68. The Labute approximate surface area is 173 Å². The van der Waals surface area contributed by atoms with E-state index in [1.165, 1.54) is 38.5 Å². The molecule has 8 heteroatoms. The summed E-state index contributed by atoms with van der Waals surface area (Å²) in [7, 11) is 2.49. The van der Waals surface area contributed by atoms with Gasteiger partial charge in [-0.1, -0.05) is 0 Å². The van der Waals surface area contributed by atoms with Gasteiger partial charge in [-0.25, -0.2) is 9.59 Å². The highest BCUT2D eigenvalue weighted by Crippen LogP contribution is 2.19. The molecule has 0 bridgehead atoms. The smallest absolute Gasteiger partial charge is 0.338 e. The molecule has 2 aromatic rings. The normalized spacial score (nSPS) is 10.1. The van der Waals surface area contributed by atoms with Crippen molar-refractivity contribution < 1.29 is 38.1 Å². The lowest BCUT2D eigenvalue weighted by atomic mass is 10.1. The standard InChI is InChI=1S/C22H22O8/c1-27-21(25)19-8-7-17(11-16(19)14-24)29-9-3-4-10-30-18-6-5-15(13-23)20(12-18)22(26)28-2/h5-8,11-14H,3-4,9-10H2,1-2H3. The molecule has 0 radical (unpaired) electrons. The molecule has 0 unspecified atom stereocenters. The lowest BCUT2D eigenvalue weighted by molar-refractivity contribution is 0.0590. The molecule has 0 heterocycles. The van der Waals surface area contributed by atoms with Gasteiger partial charge in [0.2, 0.25) is 0 Å². The third kappa shape index (κ3) is 5.91. The van der Waals surface area contributed by atoms with Crippen LogP contribution in [0.5, 0.6) is 11.5 Å². The van der Waals surface area contributed by atoms with Gasteiger partial charge in [-0.05, 0) is 49.2 Å². The highest BCUT2D eigenvalue weighted by atomic mass is 16.5. The van der Waals surface area contributed by atoms with Crippen LogP contribution in [0.3, 0.4) is 0 Å². The van der Waals surface area contributed by atoms with E-state index >= 15 is 0 Å². The molecule has 0 atom stereocenters. The first-order valence-corrected chi connectivity index (χ1v) is 9.14. The summed E-state index contributed by atoms with van der Waals surface area (Å²) in [4.78, 5) is 45.5. The second kappa shape index (κ2) is 11.4. The highest BCUT2D eigenvalue weighted by Gasteiger charge is 2.13. The van der Waals surface area contributed by atoms with Crippen LogP contribution in [0.1, 0.15) is 54.3 Å². The summed E-state index contributed by atoms with van der Waals surface area (Å²) < 4.78 is 20.5. The van der Waals surface area contributed by atoms with Crippen molar-refractivity contribution >= 4 is 24.5 Å². The van der Waals surface area contributed by atoms with Crippen LogP contribution in [0.15, 0.2) is 36.4 Å². The quantitative estimate of drug-likeness (QED) is 0.314. The molecule has 0 fully saturated rings. The van der Waals surface area contributed by atoms with Crippen LogP contribution in [-0.4, -0.2) is 51.9 Å². The number of unbranched alkanes of at least 4 members (excludes halogenated alkanes) is 1. The number of benzene rings is 2. The number of ether oxygens (including phenoxy) is 4. The molecule has 0 saturated heterocycles. The van der Waals surface area contributed by atoms with E-state index in [0.29, 0.717) is 50.1 Å². The number of aldehydes is 2. The fourth-order valence-electron chi connectivity index (χ4n) is 2.62. The Balaban J connectivity index is 1.81. The minimum atomic E-state index is -0.608. The number of hydrogen-bond acceptors (Lipinski definition) is 8. The number of methoxy groups -OCH3 is 2. The van der Waals surface area contributed by atoms with Crippen LogP contribution >= 0.6 is 0 Å². The number of carbonyl (C=O) groups excluding carboxylic acids is 4. The predicted molar refractivity (Wildman–Crippen MR) is 107 cm³/mol. The Bertz CT molecular complexity index is 919. The average Bonchev–Trinajstić information content (AvgIpc) is 2.79. The minimum Gasteiger partial charge on any atom is -0.494 e. The van der Waals surface area contributed by atoms with Crippen molar-refractivity contribution in [2.75, 3.05) is 27.4 Å². The van der Waals surface area contributed by atoms with E-state index in [0.717, 1.165) is 0 Å². The van der Waals surface area contributed by atoms with Gasteiger partial charge in [-0.2, -0.15) is 0 Å². The van der Waals surface area contributed by atoms with Crippen molar-refractivity contribution in [1.29, 1.82) is 0 Å². The SMILES string of the molecule is COC(=O)c1ccc(OCCCCOc2ccc(C=O)c(C(=O)OC)c2)cc1C=O. The van der Waals surface area contributed by atoms with Crippen LogP contribution in [0.25, 0.3) is 0 Å². The molecule has 2 aromatic carbocycles. The molecule has 0 amide bonds. The van der Waals surface area contributed by atoms with Crippen LogP contribution in [0.4, 0.5) is 0 Å². The van der Waals surface area contributed by atoms with Crippen LogP contribution in [-0.2, 0) is 9.47 Å². The van der Waals surface area contributed by atoms with Crippen molar-refractivity contribution in [1.82, 2.24) is 0 Å². The first-order valence-electron chi connectivity index (χ1n) is 9.14. The molecule has 0 spiro atoms. The molecule has 8 nitrogen and oxygen atoms in total. The summed E-state index contributed by atoms with van der Waals surface area (Å²) in [6.45, 7) is 0.766. The molecule has 2 rings (SSSR count). The van der Waals surface area contributed by atoms with Crippen LogP contribution in [0.2, 0.25) is 0 Å². The van der Waals surface area contributed by atoms with Gasteiger partial charge in [0.1, 0.15) is 11.5 Å². The largest absolute Gasteiger partial charge is 0.494 e. The predicted octanol–water partition coefficient (Wildman–Crippen LogP) is 3.12. The van der Waals surface area contributed by atoms with Crippen molar-refractivity contribution in [3.8, 4) is 11.5 Å². The summed E-state index contributed by atoms with van der Waals surface area (Å²) in [5, 5.41) is 0. The molecule has 0 aliphatic heterocycles. The van der Waals surface area contributed by atoms with Gasteiger partial charge in [-0.15, -0.1) is 0 Å². The van der Waals surface area contributed by atoms with Crippen LogP contribution < -0.4 is 9.47 Å². The molecule has 0 aromatic heterocycles. The molecule has 0 aliphatic carbocycles. The van der Waals surface area contributed by atoms with Gasteiger partial charge in [0.25, 0.3) is 0 Å². The summed E-state index contributed by atoms with van der Waals surface area (Å²) in [5.74, 6) is -0.269. The first-order chi connectivity index (χ1) is 14.5. The highest BCUT2D eigenvalue weighted by molar-refractivity contribution is 5.99. The second-order valence-corrected chi connectivity index (χ2v) is 6.12.